The second kappa shape index (κ2) is 16.7. The van der Waals surface area contributed by atoms with Crippen molar-refractivity contribution >= 4 is 57.0 Å². The van der Waals surface area contributed by atoms with Crippen LogP contribution in [0, 0.1) is 5.41 Å². The van der Waals surface area contributed by atoms with Crippen LogP contribution < -0.4 is 9.64 Å². The second-order valence-electron chi connectivity index (χ2n) is 13.6. The minimum Gasteiger partial charge on any atom is -0.460 e. The maximum Gasteiger partial charge on any atom is 0.333 e. The number of imide groups is 3. The van der Waals surface area contributed by atoms with E-state index in [1.807, 2.05) is 45.0 Å². The first-order valence-corrected chi connectivity index (χ1v) is 19.0. The van der Waals surface area contributed by atoms with Crippen molar-refractivity contribution in [1.29, 1.82) is 0 Å². The molecule has 1 aromatic carbocycles. The van der Waals surface area contributed by atoms with Crippen LogP contribution in [-0.4, -0.2) is 95.4 Å². The molecule has 0 aliphatic carbocycles. The molecule has 2 saturated heterocycles. The van der Waals surface area contributed by atoms with Gasteiger partial charge in [0, 0.05) is 68.2 Å². The van der Waals surface area contributed by atoms with E-state index < -0.39 is 56.9 Å². The highest BCUT2D eigenvalue weighted by atomic mass is 32.2. The number of rotatable bonds is 15. The Morgan fingerprint density at radius 3 is 2.12 bits per heavy atom. The average Bonchev–Trinajstić information content (AvgIpc) is 3.38. The van der Waals surface area contributed by atoms with Gasteiger partial charge >= 0.3 is 12.0 Å². The summed E-state index contributed by atoms with van der Waals surface area (Å²) < 4.78 is 38.3. The zero-order valence-electron chi connectivity index (χ0n) is 30.2. The molecule has 3 aliphatic heterocycles. The summed E-state index contributed by atoms with van der Waals surface area (Å²) >= 11 is 0. The van der Waals surface area contributed by atoms with Crippen LogP contribution in [0.25, 0.3) is 5.57 Å². The van der Waals surface area contributed by atoms with Crippen molar-refractivity contribution in [1.82, 2.24) is 14.9 Å². The van der Waals surface area contributed by atoms with Crippen molar-refractivity contribution in [2.24, 2.45) is 5.41 Å². The molecule has 0 unspecified atom stereocenters. The highest BCUT2D eigenvalue weighted by Crippen LogP contribution is 2.41. The van der Waals surface area contributed by atoms with E-state index in [-0.39, 0.29) is 57.2 Å². The normalized spacial score (nSPS) is 18.3. The molecule has 0 atom stereocenters. The third-order valence-corrected chi connectivity index (χ3v) is 9.54. The number of fused-ring (bicyclic) bond motifs is 1. The molecular formula is C36H46N4O11S. The molecule has 1 aromatic rings. The number of ether oxygens (including phenoxy) is 1. The fourth-order valence-electron chi connectivity index (χ4n) is 5.83. The summed E-state index contributed by atoms with van der Waals surface area (Å²) in [4.78, 5) is 85.0. The molecular weight excluding hydrogens is 696 g/mol. The van der Waals surface area contributed by atoms with Crippen molar-refractivity contribution in [3.05, 3.63) is 53.3 Å². The Hall–Kier alpha value is -4.83. The van der Waals surface area contributed by atoms with Gasteiger partial charge in [-0.05, 0) is 63.0 Å². The van der Waals surface area contributed by atoms with Gasteiger partial charge in [0.15, 0.2) is 0 Å². The van der Waals surface area contributed by atoms with Gasteiger partial charge in [-0.3, -0.25) is 33.5 Å². The highest BCUT2D eigenvalue weighted by molar-refractivity contribution is 7.85. The largest absolute Gasteiger partial charge is 0.460 e. The molecule has 0 bridgehead atoms. The summed E-state index contributed by atoms with van der Waals surface area (Å²) in [5.74, 6) is -3.13. The van der Waals surface area contributed by atoms with Crippen LogP contribution in [0.2, 0.25) is 0 Å². The Bertz CT molecular complexity index is 1800. The van der Waals surface area contributed by atoms with Crippen LogP contribution in [0.15, 0.2) is 47.8 Å². The van der Waals surface area contributed by atoms with E-state index in [0.717, 1.165) is 34.1 Å². The zero-order chi connectivity index (χ0) is 38.4. The van der Waals surface area contributed by atoms with Gasteiger partial charge in [0.25, 0.3) is 33.7 Å². The van der Waals surface area contributed by atoms with Gasteiger partial charge in [-0.2, -0.15) is 8.42 Å². The Kier molecular flexibility index (Phi) is 12.8. The van der Waals surface area contributed by atoms with E-state index in [1.54, 1.807) is 6.08 Å². The van der Waals surface area contributed by atoms with Crippen molar-refractivity contribution < 1.29 is 51.3 Å². The Morgan fingerprint density at radius 1 is 0.923 bits per heavy atom. The smallest absolute Gasteiger partial charge is 0.333 e. The molecule has 15 nitrogen and oxygen atoms in total. The van der Waals surface area contributed by atoms with Gasteiger partial charge in [-0.1, -0.05) is 33.3 Å². The predicted molar refractivity (Wildman–Crippen MR) is 190 cm³/mol. The standard InChI is InChI=1S/C36H46N4O11S/c1-6-37(7-2)25-14-16-26-24(22-29(36(3,4)5)50-28(26)23-25)13-15-27-33(44)38(35(46)39(34(27)45)20-11-21-52(47,48)49)19-10-8-9-12-32(43)51-40-30(41)17-18-31(40)42/h13-16,22-23H,6-12,17-21H2,1-5H3,(H,47,48,49)/b24-13+,27-15+. The number of allylic oxidation sites excluding steroid dienone is 5. The van der Waals surface area contributed by atoms with Gasteiger partial charge < -0.3 is 14.5 Å². The van der Waals surface area contributed by atoms with Gasteiger partial charge in [0.2, 0.25) is 0 Å². The maximum absolute atomic E-state index is 13.7. The lowest BCUT2D eigenvalue weighted by Crippen LogP contribution is -2.56. The minimum atomic E-state index is -4.38. The van der Waals surface area contributed by atoms with Crippen molar-refractivity contribution in [2.75, 3.05) is 36.8 Å². The van der Waals surface area contributed by atoms with E-state index >= 15 is 0 Å². The summed E-state index contributed by atoms with van der Waals surface area (Å²) in [6.07, 6.45) is 5.21. The first kappa shape index (κ1) is 39.9. The first-order valence-electron chi connectivity index (χ1n) is 17.4. The van der Waals surface area contributed by atoms with Crippen molar-refractivity contribution in [3.63, 3.8) is 0 Å². The number of amides is 6. The number of hydrogen-bond acceptors (Lipinski definition) is 11. The van der Waals surface area contributed by atoms with E-state index in [0.29, 0.717) is 28.6 Å². The van der Waals surface area contributed by atoms with Gasteiger partial charge in [0.05, 0.1) is 5.75 Å². The van der Waals surface area contributed by atoms with Crippen LogP contribution in [0.3, 0.4) is 0 Å². The first-order chi connectivity index (χ1) is 24.4. The number of urea groups is 1. The molecule has 2 fully saturated rings. The van der Waals surface area contributed by atoms with Crippen LogP contribution in [-0.2, 0) is 38.9 Å². The van der Waals surface area contributed by atoms with Gasteiger partial charge in [-0.25, -0.2) is 9.59 Å². The number of barbiturate groups is 1. The lowest BCUT2D eigenvalue weighted by Gasteiger charge is -2.34. The monoisotopic (exact) mass is 742 g/mol. The number of anilines is 1. The van der Waals surface area contributed by atoms with E-state index in [1.165, 1.54) is 6.08 Å². The molecule has 4 rings (SSSR count). The van der Waals surface area contributed by atoms with Gasteiger partial charge in [-0.15, -0.1) is 5.06 Å². The zero-order valence-corrected chi connectivity index (χ0v) is 31.0. The number of carbonyl (C=O) groups is 6. The summed E-state index contributed by atoms with van der Waals surface area (Å²) in [5.41, 5.74) is 1.65. The summed E-state index contributed by atoms with van der Waals surface area (Å²) in [5, 5.41) is 0.465. The number of carbonyl (C=O) groups excluding carboxylic acids is 6. The maximum atomic E-state index is 13.7. The molecule has 0 radical (unpaired) electrons. The lowest BCUT2D eigenvalue weighted by molar-refractivity contribution is -0.197. The third-order valence-electron chi connectivity index (χ3n) is 8.74. The van der Waals surface area contributed by atoms with E-state index in [2.05, 4.69) is 18.7 Å². The third kappa shape index (κ3) is 9.73. The molecule has 0 spiro atoms. The summed E-state index contributed by atoms with van der Waals surface area (Å²) in [7, 11) is -4.38. The molecule has 3 heterocycles. The highest BCUT2D eigenvalue weighted by Gasteiger charge is 2.41. The minimum absolute atomic E-state index is 0.0268. The van der Waals surface area contributed by atoms with E-state index in [4.69, 9.17) is 9.57 Å². The number of hydroxylamine groups is 2. The molecule has 0 saturated carbocycles. The number of hydrogen-bond donors (Lipinski definition) is 1. The number of nitrogens with zero attached hydrogens (tertiary/aromatic N) is 4. The quantitative estimate of drug-likeness (QED) is 0.0879. The summed E-state index contributed by atoms with van der Waals surface area (Å²) in [6.45, 7) is 11.2. The van der Waals surface area contributed by atoms with Crippen LogP contribution in [0.4, 0.5) is 10.5 Å². The predicted octanol–water partition coefficient (Wildman–Crippen LogP) is 4.40. The molecule has 6 amide bonds. The van der Waals surface area contributed by atoms with Crippen LogP contribution in [0.5, 0.6) is 5.75 Å². The Labute approximate surface area is 303 Å². The topological polar surface area (TPSA) is 188 Å². The Morgan fingerprint density at radius 2 is 1.54 bits per heavy atom. The molecule has 0 aromatic heterocycles. The fourth-order valence-corrected chi connectivity index (χ4v) is 6.33. The molecule has 52 heavy (non-hydrogen) atoms. The fraction of sp³-hybridized carbons (Fsp3) is 0.500. The lowest BCUT2D eigenvalue weighted by atomic mass is 9.89. The molecule has 3 aliphatic rings. The summed E-state index contributed by atoms with van der Waals surface area (Å²) in [6, 6.07) is 4.88. The van der Waals surface area contributed by atoms with Crippen molar-refractivity contribution in [3.8, 4) is 5.75 Å². The number of benzene rings is 1. The van der Waals surface area contributed by atoms with Crippen LogP contribution >= 0.6 is 0 Å². The molecule has 282 valence electrons. The van der Waals surface area contributed by atoms with Crippen molar-refractivity contribution in [2.45, 2.75) is 79.6 Å². The second-order valence-corrected chi connectivity index (χ2v) is 15.2. The molecule has 1 N–H and O–H groups in total. The SMILES string of the molecule is CCN(CC)c1ccc2c(c1)OC(C(C)(C)C)=C/C2=C\C=C1/C(=O)N(CCCCCC(=O)ON2C(=O)CCC2=O)C(=O)N(CCCS(=O)(=O)O)C1=O. The molecule has 16 heteroatoms. The van der Waals surface area contributed by atoms with Crippen LogP contribution in [0.1, 0.15) is 85.1 Å². The number of unbranched alkanes of at least 4 members (excludes halogenated alkanes) is 2. The Balaban J connectivity index is 1.58. The van der Waals surface area contributed by atoms with E-state index in [9.17, 15) is 41.7 Å². The average molecular weight is 743 g/mol. The van der Waals surface area contributed by atoms with Gasteiger partial charge in [0.1, 0.15) is 17.1 Å².